The van der Waals surface area contributed by atoms with E-state index < -0.39 is 0 Å². The van der Waals surface area contributed by atoms with Gasteiger partial charge in [-0.15, -0.1) is 0 Å². The van der Waals surface area contributed by atoms with E-state index in [0.717, 1.165) is 24.2 Å². The summed E-state index contributed by atoms with van der Waals surface area (Å²) in [5.74, 6) is 3.06. The van der Waals surface area contributed by atoms with Crippen LogP contribution in [0.2, 0.25) is 0 Å². The van der Waals surface area contributed by atoms with Gasteiger partial charge in [0.25, 0.3) is 0 Å². The third kappa shape index (κ3) is 6.80. The maximum atomic E-state index is 2.58. The second-order valence-corrected chi connectivity index (χ2v) is 16.4. The fourth-order valence-electron chi connectivity index (χ4n) is 7.28. The van der Waals surface area contributed by atoms with Crippen molar-refractivity contribution in [1.29, 1.82) is 0 Å². The first kappa shape index (κ1) is 27.6. The Balaban J connectivity index is 1.42. The minimum atomic E-state index is -0.0926. The van der Waals surface area contributed by atoms with E-state index in [1.165, 1.54) is 79.5 Å². The lowest BCUT2D eigenvalue weighted by molar-refractivity contribution is 0.263. The van der Waals surface area contributed by atoms with E-state index in [2.05, 4.69) is 100 Å². The predicted octanol–water partition coefficient (Wildman–Crippen LogP) is 11.4. The van der Waals surface area contributed by atoms with Gasteiger partial charge in [-0.2, -0.15) is 0 Å². The van der Waals surface area contributed by atoms with Gasteiger partial charge in [0.1, 0.15) is 0 Å². The van der Waals surface area contributed by atoms with Crippen LogP contribution >= 0.6 is 7.92 Å². The highest BCUT2D eigenvalue weighted by atomic mass is 31.1. The molecular formula is C37H49P. The van der Waals surface area contributed by atoms with Crippen LogP contribution in [0, 0.1) is 17.8 Å². The van der Waals surface area contributed by atoms with Gasteiger partial charge in [-0.05, 0) is 100 Å². The average molecular weight is 525 g/mol. The van der Waals surface area contributed by atoms with E-state index in [9.17, 15) is 0 Å². The number of hydrogen-bond acceptors (Lipinski definition) is 0. The average Bonchev–Trinajstić information content (AvgIpc) is 3.07. The summed E-state index contributed by atoms with van der Waals surface area (Å²) >= 11 is 0. The number of aryl methyl sites for hydroxylation is 1. The third-order valence-electron chi connectivity index (χ3n) is 9.55. The SMILES string of the molecule is CCc1cc(-c2ccccc2)c(-c2ccccc2)cc1CP(CCC1CCC2CCCC(C2)C1)C(C)(C)C. The molecule has 0 N–H and O–H groups in total. The van der Waals surface area contributed by atoms with Crippen molar-refractivity contribution in [2.75, 3.05) is 6.16 Å². The van der Waals surface area contributed by atoms with Crippen LogP contribution < -0.4 is 0 Å². The molecule has 2 aliphatic rings. The Kier molecular flexibility index (Phi) is 9.10. The molecule has 0 aromatic heterocycles. The van der Waals surface area contributed by atoms with Gasteiger partial charge in [0.15, 0.2) is 0 Å². The minimum Gasteiger partial charge on any atom is -0.0967 e. The van der Waals surface area contributed by atoms with Gasteiger partial charge in [0.05, 0.1) is 0 Å². The molecule has 3 aromatic carbocycles. The van der Waals surface area contributed by atoms with Gasteiger partial charge >= 0.3 is 0 Å². The van der Waals surface area contributed by atoms with Crippen LogP contribution in [-0.4, -0.2) is 11.3 Å². The van der Waals surface area contributed by atoms with Crippen molar-refractivity contribution in [3.8, 4) is 22.3 Å². The molecule has 1 heteroatoms. The van der Waals surface area contributed by atoms with Crippen LogP contribution in [0.15, 0.2) is 72.8 Å². The lowest BCUT2D eigenvalue weighted by atomic mass is 9.80. The quantitative estimate of drug-likeness (QED) is 0.257. The Morgan fingerprint density at radius 2 is 1.32 bits per heavy atom. The summed E-state index contributed by atoms with van der Waals surface area (Å²) in [4.78, 5) is 0. The van der Waals surface area contributed by atoms with E-state index in [1.807, 2.05) is 0 Å². The molecular weight excluding hydrogens is 475 g/mol. The molecule has 0 radical (unpaired) electrons. The third-order valence-corrected chi connectivity index (χ3v) is 13.0. The van der Waals surface area contributed by atoms with Gasteiger partial charge in [-0.3, -0.25) is 0 Å². The van der Waals surface area contributed by atoms with Gasteiger partial charge in [0.2, 0.25) is 0 Å². The maximum absolute atomic E-state index is 2.58. The van der Waals surface area contributed by atoms with Crippen molar-refractivity contribution in [2.24, 2.45) is 17.8 Å². The molecule has 2 fully saturated rings. The highest BCUT2D eigenvalue weighted by Gasteiger charge is 2.31. The summed E-state index contributed by atoms with van der Waals surface area (Å²) in [6.45, 7) is 9.89. The fourth-order valence-corrected chi connectivity index (χ4v) is 9.96. The van der Waals surface area contributed by atoms with Crippen molar-refractivity contribution in [2.45, 2.75) is 96.8 Å². The fraction of sp³-hybridized carbons (Fsp3) is 0.514. The monoisotopic (exact) mass is 524 g/mol. The summed E-state index contributed by atoms with van der Waals surface area (Å²) < 4.78 is 0. The molecule has 0 amide bonds. The lowest BCUT2D eigenvalue weighted by Gasteiger charge is -2.34. The second kappa shape index (κ2) is 12.5. The highest BCUT2D eigenvalue weighted by Crippen LogP contribution is 2.55. The summed E-state index contributed by atoms with van der Waals surface area (Å²) in [6.07, 6.45) is 15.9. The normalized spacial score (nSPS) is 22.6. The topological polar surface area (TPSA) is 0 Å². The Morgan fingerprint density at radius 3 is 1.92 bits per heavy atom. The van der Waals surface area contributed by atoms with Crippen molar-refractivity contribution in [3.05, 3.63) is 83.9 Å². The molecule has 38 heavy (non-hydrogen) atoms. The zero-order valence-corrected chi connectivity index (χ0v) is 25.3. The van der Waals surface area contributed by atoms with E-state index in [0.29, 0.717) is 5.16 Å². The van der Waals surface area contributed by atoms with Gasteiger partial charge in [-0.25, -0.2) is 0 Å². The molecule has 2 saturated carbocycles. The standard InChI is InChI=1S/C37H49P/c1-5-31-25-35(32-15-8-6-9-16-32)36(33-17-10-7-11-18-33)26-34(31)27-38(37(2,3)4)22-21-29-20-19-28-13-12-14-30(23-28)24-29/h6-11,15-18,25-26,28-30H,5,12-14,19-24,27H2,1-4H3. The van der Waals surface area contributed by atoms with Crippen LogP contribution in [0.1, 0.15) is 90.2 Å². The first-order valence-corrected chi connectivity index (χ1v) is 17.1. The number of hydrogen-bond donors (Lipinski definition) is 0. The molecule has 0 spiro atoms. The van der Waals surface area contributed by atoms with Crippen molar-refractivity contribution >= 4 is 7.92 Å². The van der Waals surface area contributed by atoms with Crippen LogP contribution in [0.25, 0.3) is 22.3 Å². The smallest absolute Gasteiger partial charge is 0.00654 e. The lowest BCUT2D eigenvalue weighted by Crippen LogP contribution is -2.17. The predicted molar refractivity (Wildman–Crippen MR) is 169 cm³/mol. The molecule has 4 unspecified atom stereocenters. The molecule has 2 bridgehead atoms. The number of rotatable bonds is 8. The Bertz CT molecular complexity index is 1160. The largest absolute Gasteiger partial charge is 0.0967 e. The van der Waals surface area contributed by atoms with Crippen molar-refractivity contribution in [3.63, 3.8) is 0 Å². The number of fused-ring (bicyclic) bond motifs is 2. The van der Waals surface area contributed by atoms with E-state index in [4.69, 9.17) is 0 Å². The maximum Gasteiger partial charge on any atom is -0.00654 e. The van der Waals surface area contributed by atoms with Crippen molar-refractivity contribution in [1.82, 2.24) is 0 Å². The Hall–Kier alpha value is -1.91. The number of benzene rings is 3. The first-order chi connectivity index (χ1) is 18.4. The van der Waals surface area contributed by atoms with Crippen LogP contribution in [0.3, 0.4) is 0 Å². The van der Waals surface area contributed by atoms with E-state index in [-0.39, 0.29) is 7.92 Å². The van der Waals surface area contributed by atoms with Crippen LogP contribution in [0.5, 0.6) is 0 Å². The first-order valence-electron chi connectivity index (χ1n) is 15.4. The molecule has 0 heterocycles. The molecule has 3 aromatic rings. The molecule has 2 aliphatic carbocycles. The second-order valence-electron chi connectivity index (χ2n) is 13.2. The Labute approximate surface area is 234 Å². The molecule has 0 nitrogen and oxygen atoms in total. The van der Waals surface area contributed by atoms with Gasteiger partial charge < -0.3 is 0 Å². The van der Waals surface area contributed by atoms with Crippen LogP contribution in [-0.2, 0) is 12.6 Å². The molecule has 202 valence electrons. The van der Waals surface area contributed by atoms with Gasteiger partial charge in [0, 0.05) is 0 Å². The summed E-state index contributed by atoms with van der Waals surface area (Å²) in [5.41, 5.74) is 8.57. The van der Waals surface area contributed by atoms with E-state index in [1.54, 1.807) is 17.5 Å². The van der Waals surface area contributed by atoms with Gasteiger partial charge in [-0.1, -0.05) is 134 Å². The summed E-state index contributed by atoms with van der Waals surface area (Å²) in [7, 11) is -0.0926. The Morgan fingerprint density at radius 1 is 0.711 bits per heavy atom. The minimum absolute atomic E-state index is 0.0926. The molecule has 0 aliphatic heterocycles. The summed E-state index contributed by atoms with van der Waals surface area (Å²) in [5, 5.41) is 0.381. The zero-order chi connectivity index (χ0) is 26.5. The van der Waals surface area contributed by atoms with Crippen LogP contribution in [0.4, 0.5) is 0 Å². The zero-order valence-electron chi connectivity index (χ0n) is 24.4. The molecule has 4 atom stereocenters. The highest BCUT2D eigenvalue weighted by molar-refractivity contribution is 7.58. The van der Waals surface area contributed by atoms with E-state index >= 15 is 0 Å². The molecule has 0 saturated heterocycles. The summed E-state index contributed by atoms with van der Waals surface area (Å²) in [6, 6.07) is 27.2. The molecule has 5 rings (SSSR count). The van der Waals surface area contributed by atoms with Crippen molar-refractivity contribution < 1.29 is 0 Å².